The Kier molecular flexibility index (Phi) is 4.09. The lowest BCUT2D eigenvalue weighted by Crippen LogP contribution is -2.23. The van der Waals surface area contributed by atoms with Crippen molar-refractivity contribution in [3.05, 3.63) is 70.7 Å². The lowest BCUT2D eigenvalue weighted by Gasteiger charge is -2.19. The molecule has 0 radical (unpaired) electrons. The molecule has 1 N–H and O–H groups in total. The van der Waals surface area contributed by atoms with Crippen LogP contribution in [-0.4, -0.2) is 6.54 Å². The van der Waals surface area contributed by atoms with Crippen LogP contribution >= 0.6 is 11.6 Å². The zero-order valence-electron chi connectivity index (χ0n) is 11.7. The third kappa shape index (κ3) is 2.89. The van der Waals surface area contributed by atoms with Crippen molar-refractivity contribution in [2.45, 2.75) is 25.3 Å². The van der Waals surface area contributed by atoms with E-state index in [1.807, 2.05) is 12.1 Å². The van der Waals surface area contributed by atoms with Crippen LogP contribution in [0, 0.1) is 5.92 Å². The Labute approximate surface area is 126 Å². The highest BCUT2D eigenvalue weighted by molar-refractivity contribution is 6.30. The van der Waals surface area contributed by atoms with E-state index in [0.717, 1.165) is 11.6 Å². The molecule has 2 aromatic rings. The largest absolute Gasteiger partial charge is 0.310 e. The lowest BCUT2D eigenvalue weighted by atomic mass is 9.98. The Morgan fingerprint density at radius 3 is 2.65 bits per heavy atom. The summed E-state index contributed by atoms with van der Waals surface area (Å²) in [5, 5.41) is 4.45. The van der Waals surface area contributed by atoms with Gasteiger partial charge >= 0.3 is 0 Å². The monoisotopic (exact) mass is 285 g/mol. The van der Waals surface area contributed by atoms with Gasteiger partial charge in [0.2, 0.25) is 0 Å². The van der Waals surface area contributed by atoms with Gasteiger partial charge in [-0.2, -0.15) is 0 Å². The summed E-state index contributed by atoms with van der Waals surface area (Å²) in [5.74, 6) is 1.36. The quantitative estimate of drug-likeness (QED) is 0.832. The topological polar surface area (TPSA) is 12.0 Å². The van der Waals surface area contributed by atoms with Gasteiger partial charge in [0.25, 0.3) is 0 Å². The number of nitrogens with one attached hydrogen (secondary N) is 1. The van der Waals surface area contributed by atoms with E-state index in [0.29, 0.717) is 17.9 Å². The molecule has 0 heterocycles. The molecule has 0 spiro atoms. The molecule has 104 valence electrons. The maximum atomic E-state index is 6.14. The summed E-state index contributed by atoms with van der Waals surface area (Å²) < 4.78 is 0. The van der Waals surface area contributed by atoms with E-state index in [2.05, 4.69) is 54.7 Å². The number of benzene rings is 2. The van der Waals surface area contributed by atoms with Gasteiger partial charge in [-0.15, -0.1) is 0 Å². The molecule has 0 aromatic heterocycles. The molecule has 2 heteroatoms. The van der Waals surface area contributed by atoms with Crippen LogP contribution in [0.15, 0.2) is 54.6 Å². The second-order valence-electron chi connectivity index (χ2n) is 5.51. The molecule has 1 nitrogen and oxygen atoms in total. The minimum atomic E-state index is 0.406. The highest BCUT2D eigenvalue weighted by Crippen LogP contribution is 2.54. The molecule has 3 rings (SSSR count). The molecule has 0 aliphatic heterocycles. The van der Waals surface area contributed by atoms with Gasteiger partial charge in [-0.3, -0.25) is 0 Å². The highest BCUT2D eigenvalue weighted by atomic mass is 35.5. The highest BCUT2D eigenvalue weighted by Gasteiger charge is 2.43. The fourth-order valence-corrected chi connectivity index (χ4v) is 3.30. The van der Waals surface area contributed by atoms with E-state index in [1.165, 1.54) is 17.5 Å². The summed E-state index contributed by atoms with van der Waals surface area (Å²) in [7, 11) is 0. The number of halogens is 1. The van der Waals surface area contributed by atoms with Crippen LogP contribution in [-0.2, 0) is 0 Å². The summed E-state index contributed by atoms with van der Waals surface area (Å²) in [5.41, 5.74) is 2.77. The van der Waals surface area contributed by atoms with Crippen LogP contribution in [0.4, 0.5) is 0 Å². The first-order chi connectivity index (χ1) is 9.79. The van der Waals surface area contributed by atoms with Gasteiger partial charge in [0.1, 0.15) is 0 Å². The van der Waals surface area contributed by atoms with Gasteiger partial charge in [-0.25, -0.2) is 0 Å². The van der Waals surface area contributed by atoms with Crippen LogP contribution < -0.4 is 5.32 Å². The smallest absolute Gasteiger partial charge is 0.0409 e. The molecule has 2 aromatic carbocycles. The van der Waals surface area contributed by atoms with E-state index in [9.17, 15) is 0 Å². The number of hydrogen-bond donors (Lipinski definition) is 1. The summed E-state index contributed by atoms with van der Waals surface area (Å²) in [6.07, 6.45) is 1.26. The van der Waals surface area contributed by atoms with E-state index >= 15 is 0 Å². The zero-order valence-corrected chi connectivity index (χ0v) is 12.5. The molecular weight excluding hydrogens is 266 g/mol. The van der Waals surface area contributed by atoms with Crippen molar-refractivity contribution in [2.24, 2.45) is 5.92 Å². The van der Waals surface area contributed by atoms with Crippen molar-refractivity contribution in [3.8, 4) is 0 Å². The fraction of sp³-hybridized carbons (Fsp3) is 0.333. The summed E-state index contributed by atoms with van der Waals surface area (Å²) in [4.78, 5) is 0. The Bertz CT molecular complexity index is 567. The Balaban J connectivity index is 1.80. The van der Waals surface area contributed by atoms with E-state index in [-0.39, 0.29) is 0 Å². The fourth-order valence-electron chi connectivity index (χ4n) is 3.10. The van der Waals surface area contributed by atoms with E-state index in [1.54, 1.807) is 0 Å². The van der Waals surface area contributed by atoms with Crippen molar-refractivity contribution < 1.29 is 0 Å². The SMILES string of the molecule is CCNC(c1cccc(Cl)c1)C1CC1c1ccccc1. The van der Waals surface area contributed by atoms with Gasteiger partial charge in [-0.05, 0) is 48.1 Å². The molecule has 0 bridgehead atoms. The van der Waals surface area contributed by atoms with Crippen molar-refractivity contribution in [3.63, 3.8) is 0 Å². The van der Waals surface area contributed by atoms with Crippen molar-refractivity contribution >= 4 is 11.6 Å². The second kappa shape index (κ2) is 5.99. The average Bonchev–Trinajstić information content (AvgIpc) is 3.26. The third-order valence-corrected chi connectivity index (χ3v) is 4.36. The second-order valence-corrected chi connectivity index (χ2v) is 5.94. The van der Waals surface area contributed by atoms with Crippen LogP contribution in [0.3, 0.4) is 0 Å². The zero-order chi connectivity index (χ0) is 13.9. The molecule has 1 aliphatic rings. The Morgan fingerprint density at radius 1 is 1.15 bits per heavy atom. The minimum Gasteiger partial charge on any atom is -0.310 e. The van der Waals surface area contributed by atoms with E-state index < -0.39 is 0 Å². The normalized spacial score (nSPS) is 22.5. The standard InChI is InChI=1S/C18H20ClN/c1-2-20-18(14-9-6-10-15(19)11-14)17-12-16(17)13-7-4-3-5-8-13/h3-11,16-18,20H,2,12H2,1H3. The average molecular weight is 286 g/mol. The van der Waals surface area contributed by atoms with E-state index in [4.69, 9.17) is 11.6 Å². The van der Waals surface area contributed by atoms with Gasteiger partial charge < -0.3 is 5.32 Å². The summed E-state index contributed by atoms with van der Waals surface area (Å²) >= 11 is 6.14. The van der Waals surface area contributed by atoms with Crippen LogP contribution in [0.25, 0.3) is 0 Å². The molecule has 3 unspecified atom stereocenters. The Morgan fingerprint density at radius 2 is 1.95 bits per heavy atom. The Hall–Kier alpha value is -1.31. The minimum absolute atomic E-state index is 0.406. The molecule has 1 saturated carbocycles. The first-order valence-electron chi connectivity index (χ1n) is 7.33. The van der Waals surface area contributed by atoms with Crippen LogP contribution in [0.2, 0.25) is 5.02 Å². The maximum absolute atomic E-state index is 6.14. The van der Waals surface area contributed by atoms with Crippen molar-refractivity contribution in [2.75, 3.05) is 6.54 Å². The van der Waals surface area contributed by atoms with Gasteiger partial charge in [0.05, 0.1) is 0 Å². The summed E-state index contributed by atoms with van der Waals surface area (Å²) in [6, 6.07) is 19.5. The lowest BCUT2D eigenvalue weighted by molar-refractivity contribution is 0.487. The van der Waals surface area contributed by atoms with Gasteiger partial charge in [0.15, 0.2) is 0 Å². The number of rotatable bonds is 5. The van der Waals surface area contributed by atoms with Crippen molar-refractivity contribution in [1.29, 1.82) is 0 Å². The predicted octanol–water partition coefficient (Wildman–Crippen LogP) is 4.79. The summed E-state index contributed by atoms with van der Waals surface area (Å²) in [6.45, 7) is 3.15. The predicted molar refractivity (Wildman–Crippen MR) is 85.2 cm³/mol. The molecule has 0 saturated heterocycles. The first-order valence-corrected chi connectivity index (χ1v) is 7.71. The van der Waals surface area contributed by atoms with Crippen molar-refractivity contribution in [1.82, 2.24) is 5.32 Å². The van der Waals surface area contributed by atoms with Gasteiger partial charge in [-0.1, -0.05) is 61.0 Å². The number of hydrogen-bond acceptors (Lipinski definition) is 1. The molecule has 1 fully saturated rings. The molecule has 1 aliphatic carbocycles. The molecule has 20 heavy (non-hydrogen) atoms. The maximum Gasteiger partial charge on any atom is 0.0409 e. The van der Waals surface area contributed by atoms with Crippen LogP contribution in [0.1, 0.15) is 36.4 Å². The molecule has 0 amide bonds. The van der Waals surface area contributed by atoms with Gasteiger partial charge in [0, 0.05) is 11.1 Å². The molecular formula is C18H20ClN. The van der Waals surface area contributed by atoms with Crippen LogP contribution in [0.5, 0.6) is 0 Å². The molecule has 3 atom stereocenters. The third-order valence-electron chi connectivity index (χ3n) is 4.13. The first kappa shape index (κ1) is 13.7.